The van der Waals surface area contributed by atoms with E-state index in [-0.39, 0.29) is 6.54 Å². The highest BCUT2D eigenvalue weighted by Crippen LogP contribution is 2.24. The van der Waals surface area contributed by atoms with Gasteiger partial charge >= 0.3 is 0 Å². The number of nitrogens with zero attached hydrogens (tertiary/aromatic N) is 2. The molecule has 2 aromatic rings. The zero-order chi connectivity index (χ0) is 20.1. The van der Waals surface area contributed by atoms with Crippen LogP contribution < -0.4 is 10.1 Å². The first-order chi connectivity index (χ1) is 13.4. The predicted octanol–water partition coefficient (Wildman–Crippen LogP) is 2.39. The van der Waals surface area contributed by atoms with Crippen LogP contribution in [0.5, 0.6) is 5.75 Å². The van der Waals surface area contributed by atoms with Crippen molar-refractivity contribution in [3.8, 4) is 5.75 Å². The molecule has 0 bridgehead atoms. The van der Waals surface area contributed by atoms with Gasteiger partial charge in [0.15, 0.2) is 0 Å². The molecule has 150 valence electrons. The summed E-state index contributed by atoms with van der Waals surface area (Å²) in [7, 11) is -2.19. The molecular weight excluding hydrogens is 378 g/mol. The molecule has 3 rings (SSSR count). The Morgan fingerprint density at radius 2 is 1.75 bits per heavy atom. The lowest BCUT2D eigenvalue weighted by Gasteiger charge is -2.34. The zero-order valence-corrected chi connectivity index (χ0v) is 16.9. The van der Waals surface area contributed by atoms with Crippen molar-refractivity contribution in [1.29, 1.82) is 0 Å². The maximum absolute atomic E-state index is 13.0. The molecule has 0 radical (unpaired) electrons. The second-order valence-electron chi connectivity index (χ2n) is 6.70. The van der Waals surface area contributed by atoms with E-state index in [2.05, 4.69) is 5.32 Å². The normalized spacial score (nSPS) is 17.2. The minimum absolute atomic E-state index is 0.231. The minimum atomic E-state index is -3.71. The molecule has 1 heterocycles. The van der Waals surface area contributed by atoms with E-state index in [1.54, 1.807) is 24.3 Å². The van der Waals surface area contributed by atoms with Crippen molar-refractivity contribution in [3.05, 3.63) is 59.7 Å². The smallest absolute Gasteiger partial charge is 0.282 e. The van der Waals surface area contributed by atoms with Crippen LogP contribution in [0.3, 0.4) is 0 Å². The number of carbonyl (C=O) groups is 1. The van der Waals surface area contributed by atoms with Crippen molar-refractivity contribution < 1.29 is 17.9 Å². The van der Waals surface area contributed by atoms with Gasteiger partial charge in [0, 0.05) is 19.6 Å². The fourth-order valence-electron chi connectivity index (χ4n) is 3.21. The Hall–Kier alpha value is -2.42. The number of methoxy groups -OCH3 is 1. The van der Waals surface area contributed by atoms with Crippen LogP contribution in [0.15, 0.2) is 48.5 Å². The molecule has 1 saturated heterocycles. The molecule has 7 nitrogen and oxygen atoms in total. The van der Waals surface area contributed by atoms with Gasteiger partial charge in [0.25, 0.3) is 10.2 Å². The molecule has 0 saturated carbocycles. The molecule has 1 aliphatic heterocycles. The van der Waals surface area contributed by atoms with Crippen LogP contribution in [0.25, 0.3) is 0 Å². The van der Waals surface area contributed by atoms with Crippen LogP contribution in [-0.4, -0.2) is 49.7 Å². The number of hydrogen-bond donors (Lipinski definition) is 1. The molecule has 0 unspecified atom stereocenters. The molecule has 0 atom stereocenters. The first kappa shape index (κ1) is 20.3. The predicted molar refractivity (Wildman–Crippen MR) is 108 cm³/mol. The van der Waals surface area contributed by atoms with Crippen molar-refractivity contribution in [3.63, 3.8) is 0 Å². The van der Waals surface area contributed by atoms with Gasteiger partial charge in [-0.2, -0.15) is 17.0 Å². The Labute approximate surface area is 166 Å². The van der Waals surface area contributed by atoms with Gasteiger partial charge in [-0.05, 0) is 36.6 Å². The number of para-hydroxylation sites is 2. The second-order valence-corrected chi connectivity index (χ2v) is 8.63. The monoisotopic (exact) mass is 403 g/mol. The Morgan fingerprint density at radius 1 is 1.07 bits per heavy atom. The summed E-state index contributed by atoms with van der Waals surface area (Å²) in [5, 5.41) is 2.73. The highest BCUT2D eigenvalue weighted by molar-refractivity contribution is 7.86. The topological polar surface area (TPSA) is 79.0 Å². The SMILES string of the molecule is COc1ccccc1NC(=O)CN1CCCN(Cc2ccccc2C)S1(=O)=O. The van der Waals surface area contributed by atoms with Gasteiger partial charge in [0.2, 0.25) is 5.91 Å². The van der Waals surface area contributed by atoms with Gasteiger partial charge in [-0.25, -0.2) is 0 Å². The number of aryl methyl sites for hydroxylation is 1. The van der Waals surface area contributed by atoms with E-state index >= 15 is 0 Å². The summed E-state index contributed by atoms with van der Waals surface area (Å²) in [6.07, 6.45) is 0.674. The number of nitrogens with one attached hydrogen (secondary N) is 1. The van der Waals surface area contributed by atoms with Gasteiger partial charge < -0.3 is 10.1 Å². The minimum Gasteiger partial charge on any atom is -0.495 e. The van der Waals surface area contributed by atoms with Crippen LogP contribution in [0, 0.1) is 6.92 Å². The van der Waals surface area contributed by atoms with E-state index in [1.807, 2.05) is 31.2 Å². The number of amides is 1. The molecule has 1 N–H and O–H groups in total. The van der Waals surface area contributed by atoms with Gasteiger partial charge in [0.1, 0.15) is 5.75 Å². The highest BCUT2D eigenvalue weighted by atomic mass is 32.2. The van der Waals surface area contributed by atoms with Gasteiger partial charge in [-0.15, -0.1) is 0 Å². The number of ether oxygens (including phenoxy) is 1. The third-order valence-electron chi connectivity index (χ3n) is 4.78. The maximum Gasteiger partial charge on any atom is 0.282 e. The average Bonchev–Trinajstić information content (AvgIpc) is 2.67. The van der Waals surface area contributed by atoms with Crippen LogP contribution in [0.4, 0.5) is 5.69 Å². The third-order valence-corrected chi connectivity index (χ3v) is 6.71. The standard InChI is InChI=1S/C20H25N3O4S/c1-16-8-3-4-9-17(16)14-22-12-7-13-23(28(22,25)26)15-20(24)21-18-10-5-6-11-19(18)27-2/h3-6,8-11H,7,12-15H2,1-2H3,(H,21,24). The fourth-order valence-corrected chi connectivity index (χ4v) is 4.84. The molecule has 1 fully saturated rings. The summed E-state index contributed by atoms with van der Waals surface area (Å²) in [4.78, 5) is 12.5. The van der Waals surface area contributed by atoms with Crippen molar-refractivity contribution >= 4 is 21.8 Å². The molecule has 28 heavy (non-hydrogen) atoms. The Bertz CT molecular complexity index is 946. The van der Waals surface area contributed by atoms with E-state index in [0.29, 0.717) is 37.5 Å². The van der Waals surface area contributed by atoms with Crippen LogP contribution in [-0.2, 0) is 21.5 Å². The van der Waals surface area contributed by atoms with Gasteiger partial charge in [0.05, 0.1) is 19.3 Å². The van der Waals surface area contributed by atoms with Crippen molar-refractivity contribution in [2.24, 2.45) is 0 Å². The molecule has 0 aliphatic carbocycles. The molecule has 1 amide bonds. The second kappa shape index (κ2) is 8.72. The summed E-state index contributed by atoms with van der Waals surface area (Å²) in [6, 6.07) is 14.7. The molecule has 0 spiro atoms. The molecule has 1 aliphatic rings. The van der Waals surface area contributed by atoms with Crippen LogP contribution in [0.2, 0.25) is 0 Å². The third kappa shape index (κ3) is 4.52. The van der Waals surface area contributed by atoms with E-state index in [0.717, 1.165) is 11.1 Å². The Kier molecular flexibility index (Phi) is 6.33. The first-order valence-corrected chi connectivity index (χ1v) is 10.5. The lowest BCUT2D eigenvalue weighted by Crippen LogP contribution is -2.51. The maximum atomic E-state index is 13.0. The van der Waals surface area contributed by atoms with Crippen molar-refractivity contribution in [2.45, 2.75) is 19.9 Å². The zero-order valence-electron chi connectivity index (χ0n) is 16.1. The Balaban J connectivity index is 1.70. The summed E-state index contributed by atoms with van der Waals surface area (Å²) in [5.74, 6) is 0.129. The Morgan fingerprint density at radius 3 is 2.50 bits per heavy atom. The lowest BCUT2D eigenvalue weighted by atomic mass is 10.1. The number of benzene rings is 2. The first-order valence-electron chi connectivity index (χ1n) is 9.14. The summed E-state index contributed by atoms with van der Waals surface area (Å²) < 4.78 is 33.9. The summed E-state index contributed by atoms with van der Waals surface area (Å²) in [5.41, 5.74) is 2.52. The quantitative estimate of drug-likeness (QED) is 0.803. The van der Waals surface area contributed by atoms with Gasteiger partial charge in [-0.3, -0.25) is 4.79 Å². The van der Waals surface area contributed by atoms with E-state index in [9.17, 15) is 13.2 Å². The largest absolute Gasteiger partial charge is 0.495 e. The van der Waals surface area contributed by atoms with Crippen molar-refractivity contribution in [2.75, 3.05) is 32.1 Å². The summed E-state index contributed by atoms with van der Waals surface area (Å²) >= 11 is 0. The van der Waals surface area contributed by atoms with E-state index < -0.39 is 16.1 Å². The van der Waals surface area contributed by atoms with E-state index in [1.165, 1.54) is 15.7 Å². The number of hydrogen-bond acceptors (Lipinski definition) is 4. The molecule has 0 aromatic heterocycles. The molecule has 2 aromatic carbocycles. The molecule has 8 heteroatoms. The number of rotatable bonds is 6. The highest BCUT2D eigenvalue weighted by Gasteiger charge is 2.34. The number of carbonyl (C=O) groups excluding carboxylic acids is 1. The van der Waals surface area contributed by atoms with Gasteiger partial charge in [-0.1, -0.05) is 36.4 Å². The van der Waals surface area contributed by atoms with Crippen molar-refractivity contribution in [1.82, 2.24) is 8.61 Å². The number of anilines is 1. The lowest BCUT2D eigenvalue weighted by molar-refractivity contribution is -0.116. The average molecular weight is 404 g/mol. The van der Waals surface area contributed by atoms with E-state index in [4.69, 9.17) is 4.74 Å². The summed E-state index contributed by atoms with van der Waals surface area (Å²) in [6.45, 7) is 2.81. The molecular formula is C20H25N3O4S. The van der Waals surface area contributed by atoms with Crippen LogP contribution >= 0.6 is 0 Å². The fraction of sp³-hybridized carbons (Fsp3) is 0.350. The van der Waals surface area contributed by atoms with Crippen LogP contribution in [0.1, 0.15) is 17.5 Å².